The van der Waals surface area contributed by atoms with Crippen LogP contribution in [-0.2, 0) is 0 Å². The summed E-state index contributed by atoms with van der Waals surface area (Å²) in [6.45, 7) is -6.13. The molecule has 1 rings (SSSR count). The summed E-state index contributed by atoms with van der Waals surface area (Å²) in [6, 6.07) is 0.648. The molecule has 1 heterocycles. The molecular formula is C7H6BF5NO-. The van der Waals surface area contributed by atoms with Gasteiger partial charge in [-0.1, -0.05) is 5.46 Å². The van der Waals surface area contributed by atoms with Crippen LogP contribution in [-0.4, -0.2) is 25.0 Å². The van der Waals surface area contributed by atoms with E-state index in [0.29, 0.717) is 12.3 Å². The van der Waals surface area contributed by atoms with Crippen LogP contribution in [0.3, 0.4) is 0 Å². The van der Waals surface area contributed by atoms with Crippen LogP contribution in [0.5, 0.6) is 5.75 Å². The van der Waals surface area contributed by atoms with Gasteiger partial charge in [0, 0.05) is 6.20 Å². The first-order valence-corrected chi connectivity index (χ1v) is 3.95. The predicted octanol–water partition coefficient (Wildman–Crippen LogP) is 1.78. The highest BCUT2D eigenvalue weighted by Gasteiger charge is 2.26. The largest absolute Gasteiger partial charge is 0.511 e. The van der Waals surface area contributed by atoms with Crippen molar-refractivity contribution in [3.63, 3.8) is 0 Å². The van der Waals surface area contributed by atoms with Gasteiger partial charge < -0.3 is 17.7 Å². The van der Waals surface area contributed by atoms with E-state index in [1.807, 2.05) is 0 Å². The molecule has 0 bridgehead atoms. The SMILES string of the molecule is FC(F)COc1cncc([B-](F)(F)F)c1. The van der Waals surface area contributed by atoms with E-state index < -0.39 is 25.5 Å². The van der Waals surface area contributed by atoms with E-state index in [4.69, 9.17) is 0 Å². The van der Waals surface area contributed by atoms with Crippen LogP contribution in [0, 0.1) is 0 Å². The molecule has 0 saturated carbocycles. The summed E-state index contributed by atoms with van der Waals surface area (Å²) in [6.07, 6.45) is -1.16. The lowest BCUT2D eigenvalue weighted by Gasteiger charge is -2.15. The second kappa shape index (κ2) is 4.46. The molecule has 0 fully saturated rings. The minimum absolute atomic E-state index is 0.313. The van der Waals surface area contributed by atoms with Crippen molar-refractivity contribution in [1.29, 1.82) is 0 Å². The van der Waals surface area contributed by atoms with Crippen LogP contribution in [0.25, 0.3) is 0 Å². The van der Waals surface area contributed by atoms with Gasteiger partial charge in [-0.05, 0) is 6.07 Å². The quantitative estimate of drug-likeness (QED) is 0.576. The topological polar surface area (TPSA) is 22.1 Å². The van der Waals surface area contributed by atoms with E-state index in [-0.39, 0.29) is 5.75 Å². The molecular weight excluding hydrogens is 220 g/mol. The Bertz CT molecular complexity index is 329. The van der Waals surface area contributed by atoms with Gasteiger partial charge in [0.15, 0.2) is 0 Å². The Morgan fingerprint density at radius 2 is 1.93 bits per heavy atom. The Morgan fingerprint density at radius 1 is 1.27 bits per heavy atom. The van der Waals surface area contributed by atoms with E-state index >= 15 is 0 Å². The van der Waals surface area contributed by atoms with Gasteiger partial charge in [-0.2, -0.15) is 0 Å². The predicted molar refractivity (Wildman–Crippen MR) is 44.4 cm³/mol. The molecule has 1 aromatic rings. The Kier molecular flexibility index (Phi) is 3.49. The number of alkyl halides is 2. The number of hydrogen-bond acceptors (Lipinski definition) is 2. The van der Waals surface area contributed by atoms with E-state index in [2.05, 4.69) is 9.72 Å². The van der Waals surface area contributed by atoms with Crippen LogP contribution in [0.1, 0.15) is 0 Å². The highest BCUT2D eigenvalue weighted by Crippen LogP contribution is 2.13. The molecule has 0 unspecified atom stereocenters. The number of ether oxygens (including phenoxy) is 1. The Hall–Kier alpha value is -1.34. The van der Waals surface area contributed by atoms with Gasteiger partial charge in [-0.15, -0.1) is 0 Å². The normalized spacial score (nSPS) is 11.9. The third-order valence-corrected chi connectivity index (χ3v) is 1.49. The van der Waals surface area contributed by atoms with Crippen LogP contribution < -0.4 is 10.2 Å². The van der Waals surface area contributed by atoms with Gasteiger partial charge in [-0.3, -0.25) is 4.98 Å². The molecule has 0 aromatic carbocycles. The van der Waals surface area contributed by atoms with Crippen molar-refractivity contribution >= 4 is 12.4 Å². The fraction of sp³-hybridized carbons (Fsp3) is 0.286. The third kappa shape index (κ3) is 3.73. The fourth-order valence-corrected chi connectivity index (χ4v) is 0.853. The van der Waals surface area contributed by atoms with Crippen LogP contribution in [0.4, 0.5) is 21.7 Å². The summed E-state index contributed by atoms with van der Waals surface area (Å²) >= 11 is 0. The zero-order valence-corrected chi connectivity index (χ0v) is 7.34. The van der Waals surface area contributed by atoms with Crippen molar-refractivity contribution in [2.75, 3.05) is 6.61 Å². The van der Waals surface area contributed by atoms with Crippen molar-refractivity contribution in [3.05, 3.63) is 18.5 Å². The smallest absolute Gasteiger partial charge is 0.486 e. The summed E-state index contributed by atoms with van der Waals surface area (Å²) in [7, 11) is 0. The monoisotopic (exact) mass is 226 g/mol. The molecule has 0 spiro atoms. The van der Waals surface area contributed by atoms with Gasteiger partial charge in [0.25, 0.3) is 6.43 Å². The fourth-order valence-electron chi connectivity index (χ4n) is 0.853. The Balaban J connectivity index is 2.75. The van der Waals surface area contributed by atoms with Crippen molar-refractivity contribution in [1.82, 2.24) is 4.98 Å². The van der Waals surface area contributed by atoms with Gasteiger partial charge in [0.2, 0.25) is 0 Å². The van der Waals surface area contributed by atoms with Gasteiger partial charge in [0.1, 0.15) is 12.4 Å². The molecule has 1 aromatic heterocycles. The van der Waals surface area contributed by atoms with Gasteiger partial charge in [0.05, 0.1) is 6.20 Å². The Morgan fingerprint density at radius 3 is 2.47 bits per heavy atom. The van der Waals surface area contributed by atoms with Crippen molar-refractivity contribution in [2.24, 2.45) is 0 Å². The number of nitrogens with zero attached hydrogens (tertiary/aromatic N) is 1. The number of aromatic nitrogens is 1. The van der Waals surface area contributed by atoms with E-state index in [0.717, 1.165) is 6.20 Å². The molecule has 0 N–H and O–H groups in total. The molecule has 0 aliphatic heterocycles. The average molecular weight is 226 g/mol. The molecule has 2 nitrogen and oxygen atoms in total. The highest BCUT2D eigenvalue weighted by molar-refractivity contribution is 6.73. The maximum Gasteiger partial charge on any atom is 0.511 e. The van der Waals surface area contributed by atoms with E-state index in [9.17, 15) is 21.7 Å². The molecule has 15 heavy (non-hydrogen) atoms. The lowest BCUT2D eigenvalue weighted by atomic mass is 9.81. The summed E-state index contributed by atoms with van der Waals surface area (Å²) in [5.74, 6) is -0.313. The van der Waals surface area contributed by atoms with Crippen molar-refractivity contribution in [3.8, 4) is 5.75 Å². The van der Waals surface area contributed by atoms with Crippen molar-refractivity contribution in [2.45, 2.75) is 6.43 Å². The minimum atomic E-state index is -5.18. The standard InChI is InChI=1S/C7H6BF5NO/c9-7(10)4-15-6-1-5(2-14-3-6)8(11,12)13/h1-3,7H,4H2/q-1. The summed E-state index contributed by atoms with van der Waals surface area (Å²) < 4.78 is 64.3. The molecule has 0 atom stereocenters. The van der Waals surface area contributed by atoms with Crippen molar-refractivity contribution < 1.29 is 26.5 Å². The first-order valence-electron chi connectivity index (χ1n) is 3.95. The molecule has 0 saturated heterocycles. The lowest BCUT2D eigenvalue weighted by molar-refractivity contribution is 0.0817. The number of pyridine rings is 1. The van der Waals surface area contributed by atoms with Crippen LogP contribution in [0.15, 0.2) is 18.5 Å². The molecule has 0 radical (unpaired) electrons. The zero-order chi connectivity index (χ0) is 11.5. The van der Waals surface area contributed by atoms with Crippen LogP contribution >= 0.6 is 0 Å². The summed E-state index contributed by atoms with van der Waals surface area (Å²) in [5, 5.41) is 0. The zero-order valence-electron chi connectivity index (χ0n) is 7.34. The third-order valence-electron chi connectivity index (χ3n) is 1.49. The van der Waals surface area contributed by atoms with Crippen LogP contribution in [0.2, 0.25) is 0 Å². The molecule has 0 amide bonds. The van der Waals surface area contributed by atoms with Gasteiger partial charge in [-0.25, -0.2) is 8.78 Å². The van der Waals surface area contributed by atoms with E-state index in [1.165, 1.54) is 0 Å². The molecule has 0 aliphatic carbocycles. The summed E-state index contributed by atoms with van der Waals surface area (Å²) in [5.41, 5.74) is -0.971. The lowest BCUT2D eigenvalue weighted by Crippen LogP contribution is -2.34. The molecule has 84 valence electrons. The van der Waals surface area contributed by atoms with E-state index in [1.54, 1.807) is 0 Å². The number of rotatable bonds is 4. The first kappa shape index (κ1) is 11.7. The minimum Gasteiger partial charge on any atom is -0.486 e. The Labute approximate surface area is 82.1 Å². The maximum atomic E-state index is 12.2. The summed E-state index contributed by atoms with van der Waals surface area (Å²) in [4.78, 5) is 3.25. The molecule has 0 aliphatic rings. The second-order valence-electron chi connectivity index (χ2n) is 2.73. The second-order valence-corrected chi connectivity index (χ2v) is 2.73. The highest BCUT2D eigenvalue weighted by atomic mass is 19.4. The van der Waals surface area contributed by atoms with Gasteiger partial charge >= 0.3 is 6.98 Å². The number of halogens is 5. The maximum absolute atomic E-state index is 12.2. The first-order chi connectivity index (χ1) is 6.89. The molecule has 8 heteroatoms. The average Bonchev–Trinajstić information content (AvgIpc) is 2.14. The number of hydrogen-bond donors (Lipinski definition) is 0.